The number of nitrogens with one attached hydrogen (secondary N) is 1. The molecule has 3 N–H and O–H groups in total. The highest BCUT2D eigenvalue weighted by molar-refractivity contribution is 8.00. The molecule has 0 bridgehead atoms. The Labute approximate surface area is 91.9 Å². The number of rotatable bonds is 3. The van der Waals surface area contributed by atoms with Crippen molar-refractivity contribution in [1.29, 1.82) is 0 Å². The van der Waals surface area contributed by atoms with E-state index >= 15 is 0 Å². The van der Waals surface area contributed by atoms with Gasteiger partial charge in [-0.05, 0) is 6.42 Å². The Balaban J connectivity index is 2.44. The number of imidazole rings is 1. The zero-order valence-corrected chi connectivity index (χ0v) is 9.51. The number of nitrogens with zero attached hydrogens (tertiary/aromatic N) is 3. The number of thioether (sulfide) groups is 1. The summed E-state index contributed by atoms with van der Waals surface area (Å²) in [6, 6.07) is 0. The van der Waals surface area contributed by atoms with Crippen molar-refractivity contribution in [1.82, 2.24) is 19.9 Å². The van der Waals surface area contributed by atoms with E-state index in [1.165, 1.54) is 0 Å². The smallest absolute Gasteiger partial charge is 0.223 e. The van der Waals surface area contributed by atoms with Crippen molar-refractivity contribution in [2.75, 3.05) is 5.73 Å². The first-order valence-corrected chi connectivity index (χ1v) is 5.72. The fourth-order valence-electron chi connectivity index (χ4n) is 1.18. The summed E-state index contributed by atoms with van der Waals surface area (Å²) in [5.74, 6) is 0.278. The molecule has 0 aliphatic rings. The lowest BCUT2D eigenvalue weighted by molar-refractivity contribution is 0.901. The van der Waals surface area contributed by atoms with Crippen molar-refractivity contribution in [3.8, 4) is 0 Å². The van der Waals surface area contributed by atoms with Gasteiger partial charge in [-0.1, -0.05) is 13.8 Å². The Hall–Kier alpha value is -1.30. The number of nitrogens with two attached hydrogens (primary N) is 1. The van der Waals surface area contributed by atoms with Gasteiger partial charge in [0, 0.05) is 5.25 Å². The summed E-state index contributed by atoms with van der Waals surface area (Å²) < 4.78 is 0. The van der Waals surface area contributed by atoms with E-state index in [1.54, 1.807) is 18.1 Å². The largest absolute Gasteiger partial charge is 0.368 e. The number of fused-ring (bicyclic) bond motifs is 1. The summed E-state index contributed by atoms with van der Waals surface area (Å²) >= 11 is 1.69. The minimum atomic E-state index is 0.278. The molecule has 5 nitrogen and oxygen atoms in total. The maximum absolute atomic E-state index is 5.61. The maximum atomic E-state index is 5.61. The Kier molecular flexibility index (Phi) is 2.77. The second-order valence-electron chi connectivity index (χ2n) is 3.32. The number of aromatic nitrogens is 4. The Bertz CT molecular complexity index is 466. The van der Waals surface area contributed by atoms with Crippen molar-refractivity contribution in [3.63, 3.8) is 0 Å². The van der Waals surface area contributed by atoms with Crippen molar-refractivity contribution >= 4 is 28.9 Å². The number of nitrogen functional groups attached to an aromatic ring is 1. The molecule has 0 saturated heterocycles. The highest BCUT2D eigenvalue weighted by Crippen LogP contribution is 2.28. The summed E-state index contributed by atoms with van der Waals surface area (Å²) in [5, 5.41) is 1.38. The van der Waals surface area contributed by atoms with Crippen LogP contribution in [-0.2, 0) is 0 Å². The zero-order chi connectivity index (χ0) is 10.8. The highest BCUT2D eigenvalue weighted by Gasteiger charge is 2.11. The van der Waals surface area contributed by atoms with Gasteiger partial charge in [-0.3, -0.25) is 0 Å². The van der Waals surface area contributed by atoms with E-state index in [-0.39, 0.29) is 5.95 Å². The summed E-state index contributed by atoms with van der Waals surface area (Å²) in [7, 11) is 0. The van der Waals surface area contributed by atoms with Gasteiger partial charge in [0.15, 0.2) is 5.65 Å². The van der Waals surface area contributed by atoms with E-state index in [2.05, 4.69) is 33.8 Å². The molecule has 0 radical (unpaired) electrons. The predicted molar refractivity (Wildman–Crippen MR) is 61.7 cm³/mol. The predicted octanol–water partition coefficient (Wildman–Crippen LogP) is 1.83. The molecular weight excluding hydrogens is 210 g/mol. The summed E-state index contributed by atoms with van der Waals surface area (Å²) in [6.45, 7) is 4.30. The fourth-order valence-corrected chi connectivity index (χ4v) is 2.14. The number of H-pyrrole nitrogens is 1. The van der Waals surface area contributed by atoms with E-state index < -0.39 is 0 Å². The zero-order valence-electron chi connectivity index (χ0n) is 8.69. The Morgan fingerprint density at radius 3 is 3.07 bits per heavy atom. The Morgan fingerprint density at radius 2 is 2.33 bits per heavy atom. The van der Waals surface area contributed by atoms with Gasteiger partial charge in [0.25, 0.3) is 0 Å². The molecule has 0 aliphatic carbocycles. The third kappa shape index (κ3) is 2.04. The number of anilines is 1. The lowest BCUT2D eigenvalue weighted by Gasteiger charge is -2.07. The van der Waals surface area contributed by atoms with Crippen LogP contribution in [0.2, 0.25) is 0 Å². The molecule has 0 amide bonds. The third-order valence-corrected chi connectivity index (χ3v) is 3.41. The maximum Gasteiger partial charge on any atom is 0.223 e. The molecule has 2 aromatic heterocycles. The van der Waals surface area contributed by atoms with Crippen LogP contribution in [-0.4, -0.2) is 25.2 Å². The van der Waals surface area contributed by atoms with Gasteiger partial charge in [0.05, 0.1) is 6.33 Å². The van der Waals surface area contributed by atoms with Crippen LogP contribution in [0.1, 0.15) is 20.3 Å². The molecule has 0 spiro atoms. The van der Waals surface area contributed by atoms with Gasteiger partial charge < -0.3 is 10.7 Å². The van der Waals surface area contributed by atoms with E-state index in [0.29, 0.717) is 10.9 Å². The molecule has 6 heteroatoms. The average molecular weight is 223 g/mol. The average Bonchev–Trinajstić information content (AvgIpc) is 2.65. The quantitative estimate of drug-likeness (QED) is 0.613. The van der Waals surface area contributed by atoms with Crippen molar-refractivity contribution in [3.05, 3.63) is 6.33 Å². The van der Waals surface area contributed by atoms with E-state index in [1.807, 2.05) is 0 Å². The summed E-state index contributed by atoms with van der Waals surface area (Å²) in [6.07, 6.45) is 2.70. The van der Waals surface area contributed by atoms with E-state index in [4.69, 9.17) is 5.73 Å². The van der Waals surface area contributed by atoms with Crippen LogP contribution in [0.4, 0.5) is 5.95 Å². The molecule has 15 heavy (non-hydrogen) atoms. The number of hydrogen-bond donors (Lipinski definition) is 2. The molecule has 0 fully saturated rings. The normalized spacial score (nSPS) is 13.2. The summed E-state index contributed by atoms with van der Waals surface area (Å²) in [5.41, 5.74) is 7.11. The monoisotopic (exact) mass is 223 g/mol. The van der Waals surface area contributed by atoms with Gasteiger partial charge in [0.2, 0.25) is 5.95 Å². The number of hydrogen-bond acceptors (Lipinski definition) is 5. The molecule has 0 saturated carbocycles. The fraction of sp³-hybridized carbons (Fsp3) is 0.444. The molecule has 2 heterocycles. The first-order valence-electron chi connectivity index (χ1n) is 4.84. The van der Waals surface area contributed by atoms with Gasteiger partial charge in [-0.2, -0.15) is 4.98 Å². The van der Waals surface area contributed by atoms with Gasteiger partial charge in [-0.25, -0.2) is 9.97 Å². The van der Waals surface area contributed by atoms with Crippen LogP contribution in [0.25, 0.3) is 11.2 Å². The van der Waals surface area contributed by atoms with Gasteiger partial charge in [-0.15, -0.1) is 11.8 Å². The summed E-state index contributed by atoms with van der Waals surface area (Å²) in [4.78, 5) is 15.4. The first kappa shape index (κ1) is 10.2. The Morgan fingerprint density at radius 1 is 1.53 bits per heavy atom. The number of aromatic amines is 1. The highest BCUT2D eigenvalue weighted by atomic mass is 32.2. The van der Waals surface area contributed by atoms with Crippen LogP contribution < -0.4 is 5.73 Å². The van der Waals surface area contributed by atoms with Crippen LogP contribution in [0.15, 0.2) is 11.4 Å². The molecular formula is C9H13N5S. The molecule has 0 aromatic carbocycles. The standard InChI is InChI=1S/C9H13N5S/c1-3-5(2)15-8-6-7(12-4-11-6)13-9(10)14-8/h4-5H,3H2,1-2H3,(H3,10,11,12,13,14)/t5-/m1/s1. The molecule has 2 rings (SSSR count). The molecule has 0 unspecified atom stereocenters. The van der Waals surface area contributed by atoms with Crippen molar-refractivity contribution in [2.24, 2.45) is 0 Å². The molecule has 0 aliphatic heterocycles. The van der Waals surface area contributed by atoms with Crippen LogP contribution >= 0.6 is 11.8 Å². The molecule has 2 aromatic rings. The van der Waals surface area contributed by atoms with Crippen LogP contribution in [0.3, 0.4) is 0 Å². The minimum absolute atomic E-state index is 0.278. The van der Waals surface area contributed by atoms with Crippen LogP contribution in [0, 0.1) is 0 Å². The van der Waals surface area contributed by atoms with E-state index in [0.717, 1.165) is 17.0 Å². The van der Waals surface area contributed by atoms with E-state index in [9.17, 15) is 0 Å². The lowest BCUT2D eigenvalue weighted by atomic mass is 10.4. The second-order valence-corrected chi connectivity index (χ2v) is 4.75. The minimum Gasteiger partial charge on any atom is -0.368 e. The third-order valence-electron chi connectivity index (χ3n) is 2.16. The van der Waals surface area contributed by atoms with Crippen molar-refractivity contribution in [2.45, 2.75) is 30.5 Å². The second kappa shape index (κ2) is 4.06. The lowest BCUT2D eigenvalue weighted by Crippen LogP contribution is -2.00. The topological polar surface area (TPSA) is 80.5 Å². The first-order chi connectivity index (χ1) is 7.20. The molecule has 80 valence electrons. The van der Waals surface area contributed by atoms with Gasteiger partial charge >= 0.3 is 0 Å². The van der Waals surface area contributed by atoms with Crippen molar-refractivity contribution < 1.29 is 0 Å². The van der Waals surface area contributed by atoms with Crippen LogP contribution in [0.5, 0.6) is 0 Å². The SMILES string of the molecule is CC[C@@H](C)Sc1nc(N)nc2nc[nH]c12. The molecule has 1 atom stereocenters. The van der Waals surface area contributed by atoms with Gasteiger partial charge in [0.1, 0.15) is 10.5 Å².